The Morgan fingerprint density at radius 3 is 2.58 bits per heavy atom. The van der Waals surface area contributed by atoms with Crippen molar-refractivity contribution in [1.29, 1.82) is 5.26 Å². The molecular formula is C17H18Cl2N2O4S. The molecule has 2 aliphatic carbocycles. The zero-order valence-electron chi connectivity index (χ0n) is 14.0. The van der Waals surface area contributed by atoms with Crippen molar-refractivity contribution >= 4 is 38.9 Å². The molecule has 1 N–H and O–H groups in total. The lowest BCUT2D eigenvalue weighted by Gasteiger charge is -2.19. The van der Waals surface area contributed by atoms with Crippen molar-refractivity contribution in [1.82, 2.24) is 5.32 Å². The van der Waals surface area contributed by atoms with Crippen LogP contribution in [0.15, 0.2) is 23.1 Å². The van der Waals surface area contributed by atoms with Crippen LogP contribution in [0.1, 0.15) is 25.7 Å². The van der Waals surface area contributed by atoms with Crippen molar-refractivity contribution in [2.24, 2.45) is 5.92 Å². The highest BCUT2D eigenvalue weighted by molar-refractivity contribution is 7.92. The van der Waals surface area contributed by atoms with Crippen LogP contribution >= 0.6 is 23.2 Å². The maximum atomic E-state index is 13.0. The number of benzene rings is 1. The minimum Gasteiger partial charge on any atom is -0.381 e. The highest BCUT2D eigenvalue weighted by atomic mass is 35.5. The highest BCUT2D eigenvalue weighted by Gasteiger charge is 2.50. The van der Waals surface area contributed by atoms with E-state index in [4.69, 9.17) is 33.2 Å². The molecule has 2 fully saturated rings. The zero-order valence-corrected chi connectivity index (χ0v) is 16.4. The summed E-state index contributed by atoms with van der Waals surface area (Å²) in [5.41, 5.74) is -0.800. The first-order chi connectivity index (χ1) is 12.2. The van der Waals surface area contributed by atoms with Crippen LogP contribution in [-0.2, 0) is 19.4 Å². The van der Waals surface area contributed by atoms with Gasteiger partial charge in [-0.1, -0.05) is 23.2 Å². The van der Waals surface area contributed by atoms with E-state index in [-0.39, 0.29) is 28.7 Å². The fourth-order valence-corrected chi connectivity index (χ4v) is 5.93. The number of carbonyl (C=O) groups excluding carboxylic acids is 1. The Hall–Kier alpha value is -1.33. The number of rotatable bonds is 5. The van der Waals surface area contributed by atoms with Crippen LogP contribution in [0, 0.1) is 17.2 Å². The normalized spacial score (nSPS) is 26.9. The fraction of sp³-hybridized carbons (Fsp3) is 0.529. The van der Waals surface area contributed by atoms with Gasteiger partial charge in [0.15, 0.2) is 9.84 Å². The Balaban J connectivity index is 1.81. The van der Waals surface area contributed by atoms with Crippen molar-refractivity contribution in [2.45, 2.75) is 47.5 Å². The summed E-state index contributed by atoms with van der Waals surface area (Å²) < 4.78 is 31.3. The molecule has 1 aromatic carbocycles. The van der Waals surface area contributed by atoms with E-state index in [0.717, 1.165) is 0 Å². The summed E-state index contributed by atoms with van der Waals surface area (Å²) in [6, 6.07) is 6.33. The van der Waals surface area contributed by atoms with E-state index in [9.17, 15) is 13.2 Å². The third-order valence-electron chi connectivity index (χ3n) is 5.07. The Morgan fingerprint density at radius 2 is 2.04 bits per heavy atom. The van der Waals surface area contributed by atoms with Crippen LogP contribution in [-0.4, -0.2) is 38.3 Å². The molecular weight excluding hydrogens is 399 g/mol. The number of nitrogens with one attached hydrogen (secondary N) is 1. The standard InChI is InChI=1S/C17H18Cl2N2O4S/c1-25-14-8-11(7-12(14)16(22)21-17(9-20)4-5-17)26(23,24)15-3-2-10(18)6-13(15)19/h2-3,6,11-12,14H,4-5,7-8H2,1H3,(H,21,22)/t11-,12-,14-/m1/s1. The monoisotopic (exact) mass is 416 g/mol. The van der Waals surface area contributed by atoms with Crippen LogP contribution in [0.5, 0.6) is 0 Å². The Labute approximate surface area is 162 Å². The Bertz CT molecular complexity index is 877. The number of methoxy groups -OCH3 is 1. The highest BCUT2D eigenvalue weighted by Crippen LogP contribution is 2.40. The first-order valence-corrected chi connectivity index (χ1v) is 10.5. The molecule has 6 nitrogen and oxygen atoms in total. The third kappa shape index (κ3) is 3.56. The quantitative estimate of drug-likeness (QED) is 0.795. The molecule has 9 heteroatoms. The number of amides is 1. The number of nitrogens with zero attached hydrogens (tertiary/aromatic N) is 1. The fourth-order valence-electron chi connectivity index (χ4n) is 3.35. The number of hydrogen-bond donors (Lipinski definition) is 1. The lowest BCUT2D eigenvalue weighted by atomic mass is 10.0. The molecule has 3 rings (SSSR count). The van der Waals surface area contributed by atoms with Gasteiger partial charge in [0.05, 0.1) is 33.3 Å². The largest absolute Gasteiger partial charge is 0.381 e. The van der Waals surface area contributed by atoms with Gasteiger partial charge in [0.2, 0.25) is 5.91 Å². The number of nitriles is 1. The van der Waals surface area contributed by atoms with Gasteiger partial charge in [-0.2, -0.15) is 5.26 Å². The topological polar surface area (TPSA) is 96.3 Å². The maximum Gasteiger partial charge on any atom is 0.227 e. The molecule has 3 atom stereocenters. The van der Waals surface area contributed by atoms with Crippen molar-refractivity contribution in [3.8, 4) is 6.07 Å². The summed E-state index contributed by atoms with van der Waals surface area (Å²) in [5.74, 6) is -0.965. The number of ether oxygens (including phenoxy) is 1. The molecule has 0 unspecified atom stereocenters. The number of carbonyl (C=O) groups is 1. The van der Waals surface area contributed by atoms with Gasteiger partial charge >= 0.3 is 0 Å². The number of sulfone groups is 1. The molecule has 0 spiro atoms. The lowest BCUT2D eigenvalue weighted by Crippen LogP contribution is -2.42. The smallest absolute Gasteiger partial charge is 0.227 e. The Morgan fingerprint density at radius 1 is 1.35 bits per heavy atom. The molecule has 26 heavy (non-hydrogen) atoms. The van der Waals surface area contributed by atoms with Gasteiger partial charge in [0.1, 0.15) is 5.54 Å². The van der Waals surface area contributed by atoms with Crippen molar-refractivity contribution in [3.63, 3.8) is 0 Å². The van der Waals surface area contributed by atoms with E-state index in [2.05, 4.69) is 11.4 Å². The molecule has 0 aliphatic heterocycles. The van der Waals surface area contributed by atoms with Crippen LogP contribution in [0.25, 0.3) is 0 Å². The molecule has 0 heterocycles. The number of hydrogen-bond acceptors (Lipinski definition) is 5. The van der Waals surface area contributed by atoms with Gasteiger partial charge in [-0.15, -0.1) is 0 Å². The molecule has 0 radical (unpaired) electrons. The van der Waals surface area contributed by atoms with Gasteiger partial charge in [0.25, 0.3) is 0 Å². The van der Waals surface area contributed by atoms with Gasteiger partial charge in [-0.3, -0.25) is 4.79 Å². The minimum atomic E-state index is -3.74. The van der Waals surface area contributed by atoms with Crippen LogP contribution in [0.3, 0.4) is 0 Å². The summed E-state index contributed by atoms with van der Waals surface area (Å²) in [6.45, 7) is 0. The van der Waals surface area contributed by atoms with Crippen LogP contribution < -0.4 is 5.32 Å². The summed E-state index contributed by atoms with van der Waals surface area (Å²) in [6.07, 6.45) is 1.00. The predicted octanol–water partition coefficient (Wildman–Crippen LogP) is 2.73. The van der Waals surface area contributed by atoms with Gasteiger partial charge < -0.3 is 10.1 Å². The second kappa shape index (κ2) is 7.01. The lowest BCUT2D eigenvalue weighted by molar-refractivity contribution is -0.128. The van der Waals surface area contributed by atoms with Gasteiger partial charge in [0, 0.05) is 12.1 Å². The molecule has 2 aliphatic rings. The molecule has 1 aromatic rings. The SMILES string of the molecule is CO[C@@H]1C[C@H](S(=O)(=O)c2ccc(Cl)cc2Cl)C[C@H]1C(=O)NC1(C#N)CC1. The zero-order chi connectivity index (χ0) is 19.1. The Kier molecular flexibility index (Phi) is 5.24. The average Bonchev–Trinajstić information content (AvgIpc) is 3.20. The van der Waals surface area contributed by atoms with E-state index in [0.29, 0.717) is 17.9 Å². The third-order valence-corrected chi connectivity index (χ3v) is 7.96. The first kappa shape index (κ1) is 19.4. The summed E-state index contributed by atoms with van der Waals surface area (Å²) in [4.78, 5) is 12.6. The van der Waals surface area contributed by atoms with E-state index in [1.807, 2.05) is 0 Å². The van der Waals surface area contributed by atoms with E-state index < -0.39 is 32.6 Å². The molecule has 2 saturated carbocycles. The van der Waals surface area contributed by atoms with E-state index in [1.165, 1.54) is 25.3 Å². The predicted molar refractivity (Wildman–Crippen MR) is 96.7 cm³/mol. The second-order valence-electron chi connectivity index (χ2n) is 6.78. The molecule has 0 saturated heterocycles. The molecule has 140 valence electrons. The van der Waals surface area contributed by atoms with Crippen molar-refractivity contribution in [3.05, 3.63) is 28.2 Å². The molecule has 0 aromatic heterocycles. The summed E-state index contributed by atoms with van der Waals surface area (Å²) in [5, 5.41) is 11.5. The average molecular weight is 417 g/mol. The minimum absolute atomic E-state index is 0.000154. The maximum absolute atomic E-state index is 13.0. The molecule has 0 bridgehead atoms. The van der Waals surface area contributed by atoms with Crippen molar-refractivity contribution < 1.29 is 17.9 Å². The summed E-state index contributed by atoms with van der Waals surface area (Å²) >= 11 is 11.9. The van der Waals surface area contributed by atoms with Gasteiger partial charge in [-0.25, -0.2) is 8.42 Å². The van der Waals surface area contributed by atoms with Gasteiger partial charge in [-0.05, 0) is 43.9 Å². The summed E-state index contributed by atoms with van der Waals surface area (Å²) in [7, 11) is -2.29. The van der Waals surface area contributed by atoms with Crippen LogP contribution in [0.4, 0.5) is 0 Å². The van der Waals surface area contributed by atoms with Crippen LogP contribution in [0.2, 0.25) is 10.0 Å². The van der Waals surface area contributed by atoms with E-state index in [1.54, 1.807) is 0 Å². The second-order valence-corrected chi connectivity index (χ2v) is 9.82. The van der Waals surface area contributed by atoms with Crippen molar-refractivity contribution in [2.75, 3.05) is 7.11 Å². The first-order valence-electron chi connectivity index (χ1n) is 8.17. The van der Waals surface area contributed by atoms with E-state index >= 15 is 0 Å². The molecule has 1 amide bonds. The number of halogens is 2.